The number of benzene rings is 1. The van der Waals surface area contributed by atoms with Gasteiger partial charge < -0.3 is 15.4 Å². The fourth-order valence-corrected chi connectivity index (χ4v) is 2.94. The van der Waals surface area contributed by atoms with Gasteiger partial charge in [0.15, 0.2) is 6.10 Å². The number of nitrogens with one attached hydrogen (secondary N) is 2. The first-order chi connectivity index (χ1) is 11.2. The number of piperidine rings is 1. The summed E-state index contributed by atoms with van der Waals surface area (Å²) >= 11 is 0. The molecule has 1 aliphatic heterocycles. The smallest absolute Gasteiger partial charge is 0.260 e. The number of carbonyl (C=O) groups excluding carboxylic acids is 1. The van der Waals surface area contributed by atoms with E-state index in [1.54, 1.807) is 0 Å². The molecule has 2 N–H and O–H groups in total. The van der Waals surface area contributed by atoms with E-state index in [1.165, 1.54) is 5.56 Å². The van der Waals surface area contributed by atoms with Gasteiger partial charge >= 0.3 is 0 Å². The molecule has 1 aromatic rings. The Morgan fingerprint density at radius 3 is 2.62 bits per heavy atom. The molecule has 1 aliphatic rings. The molecule has 0 radical (unpaired) electrons. The lowest BCUT2D eigenvalue weighted by molar-refractivity contribution is -0.127. The summed E-state index contributed by atoms with van der Waals surface area (Å²) in [6.07, 6.45) is 1.69. The Balaban J connectivity index is 1.89. The highest BCUT2D eigenvalue weighted by molar-refractivity contribution is 5.80. The standard InChI is InChI=1S/C20H32N2O2/c1-15(18(23)22-14-20(5)9-11-21-12-10-20)24-17-8-6-7-16(13-17)19(2,3)4/h6-8,13,15,21H,9-12,14H2,1-5H3,(H,22,23). The van der Waals surface area contributed by atoms with Crippen LogP contribution < -0.4 is 15.4 Å². The highest BCUT2D eigenvalue weighted by Gasteiger charge is 2.28. The van der Waals surface area contributed by atoms with Crippen molar-refractivity contribution < 1.29 is 9.53 Å². The number of carbonyl (C=O) groups is 1. The van der Waals surface area contributed by atoms with Crippen molar-refractivity contribution in [3.05, 3.63) is 29.8 Å². The van der Waals surface area contributed by atoms with Gasteiger partial charge in [0.2, 0.25) is 0 Å². The molecule has 0 saturated carbocycles. The quantitative estimate of drug-likeness (QED) is 0.870. The first-order valence-electron chi connectivity index (χ1n) is 8.95. The van der Waals surface area contributed by atoms with Crippen LogP contribution in [0.1, 0.15) is 53.0 Å². The van der Waals surface area contributed by atoms with Gasteiger partial charge in [-0.05, 0) is 61.4 Å². The Labute approximate surface area is 146 Å². The van der Waals surface area contributed by atoms with Gasteiger partial charge in [0.1, 0.15) is 5.75 Å². The Hall–Kier alpha value is -1.55. The first kappa shape index (κ1) is 18.8. The first-order valence-corrected chi connectivity index (χ1v) is 8.95. The van der Waals surface area contributed by atoms with Gasteiger partial charge in [-0.25, -0.2) is 0 Å². The monoisotopic (exact) mass is 332 g/mol. The van der Waals surface area contributed by atoms with Crippen molar-refractivity contribution in [2.24, 2.45) is 5.41 Å². The van der Waals surface area contributed by atoms with Crippen molar-refractivity contribution in [1.29, 1.82) is 0 Å². The van der Waals surface area contributed by atoms with E-state index in [2.05, 4.69) is 44.4 Å². The molecule has 4 nitrogen and oxygen atoms in total. The second-order valence-corrected chi connectivity index (χ2v) is 8.32. The van der Waals surface area contributed by atoms with Crippen LogP contribution >= 0.6 is 0 Å². The summed E-state index contributed by atoms with van der Waals surface area (Å²) in [7, 11) is 0. The molecule has 1 fully saturated rings. The molecule has 1 atom stereocenters. The van der Waals surface area contributed by atoms with E-state index in [-0.39, 0.29) is 16.7 Å². The Bertz CT molecular complexity index is 557. The van der Waals surface area contributed by atoms with Crippen LogP contribution in [0.25, 0.3) is 0 Å². The molecule has 0 aromatic heterocycles. The van der Waals surface area contributed by atoms with Crippen molar-refractivity contribution in [2.75, 3.05) is 19.6 Å². The maximum absolute atomic E-state index is 12.4. The minimum absolute atomic E-state index is 0.0454. The van der Waals surface area contributed by atoms with Crippen LogP contribution in [0.4, 0.5) is 0 Å². The van der Waals surface area contributed by atoms with Gasteiger partial charge in [0.25, 0.3) is 5.91 Å². The lowest BCUT2D eigenvalue weighted by Crippen LogP contribution is -2.45. The molecule has 24 heavy (non-hydrogen) atoms. The van der Waals surface area contributed by atoms with Crippen LogP contribution in [0.3, 0.4) is 0 Å². The fourth-order valence-electron chi connectivity index (χ4n) is 2.94. The summed E-state index contributed by atoms with van der Waals surface area (Å²) in [5, 5.41) is 6.43. The van der Waals surface area contributed by atoms with E-state index >= 15 is 0 Å². The van der Waals surface area contributed by atoms with E-state index in [0.29, 0.717) is 6.54 Å². The Morgan fingerprint density at radius 1 is 1.33 bits per heavy atom. The Kier molecular flexibility index (Phi) is 5.92. The van der Waals surface area contributed by atoms with Gasteiger partial charge in [-0.2, -0.15) is 0 Å². The molecule has 1 unspecified atom stereocenters. The van der Waals surface area contributed by atoms with E-state index < -0.39 is 6.10 Å². The van der Waals surface area contributed by atoms with E-state index in [1.807, 2.05) is 25.1 Å². The van der Waals surface area contributed by atoms with Crippen LogP contribution in [0.2, 0.25) is 0 Å². The molecule has 134 valence electrons. The van der Waals surface area contributed by atoms with Crippen LogP contribution in [0.5, 0.6) is 5.75 Å². The third-order valence-electron chi connectivity index (χ3n) is 4.88. The van der Waals surface area contributed by atoms with Crippen molar-refractivity contribution >= 4 is 5.91 Å². The highest BCUT2D eigenvalue weighted by Crippen LogP contribution is 2.27. The molecule has 0 bridgehead atoms. The van der Waals surface area contributed by atoms with Crippen molar-refractivity contribution in [3.63, 3.8) is 0 Å². The zero-order valence-electron chi connectivity index (χ0n) is 15.7. The predicted molar refractivity (Wildman–Crippen MR) is 98.5 cm³/mol. The molecule has 1 amide bonds. The van der Waals surface area contributed by atoms with Crippen molar-refractivity contribution in [2.45, 2.75) is 59.0 Å². The molecule has 2 rings (SSSR count). The number of ether oxygens (including phenoxy) is 1. The highest BCUT2D eigenvalue weighted by atomic mass is 16.5. The van der Waals surface area contributed by atoms with E-state index in [4.69, 9.17) is 4.74 Å². The maximum Gasteiger partial charge on any atom is 0.260 e. The minimum Gasteiger partial charge on any atom is -0.481 e. The second-order valence-electron chi connectivity index (χ2n) is 8.32. The van der Waals surface area contributed by atoms with Crippen molar-refractivity contribution in [1.82, 2.24) is 10.6 Å². The third kappa shape index (κ3) is 5.23. The molecule has 0 spiro atoms. The third-order valence-corrected chi connectivity index (χ3v) is 4.88. The average molecular weight is 332 g/mol. The molecule has 1 heterocycles. The van der Waals surface area contributed by atoms with Crippen LogP contribution in [-0.2, 0) is 10.2 Å². The molecular weight excluding hydrogens is 300 g/mol. The van der Waals surface area contributed by atoms with E-state index in [0.717, 1.165) is 31.7 Å². The summed E-state index contributed by atoms with van der Waals surface area (Å²) < 4.78 is 5.86. The van der Waals surface area contributed by atoms with Crippen LogP contribution in [0.15, 0.2) is 24.3 Å². The Morgan fingerprint density at radius 2 is 2.00 bits per heavy atom. The normalized spacial score (nSPS) is 18.7. The lowest BCUT2D eigenvalue weighted by atomic mass is 9.81. The second kappa shape index (κ2) is 7.56. The van der Waals surface area contributed by atoms with Crippen LogP contribution in [-0.4, -0.2) is 31.6 Å². The summed E-state index contributed by atoms with van der Waals surface area (Å²) in [5.41, 5.74) is 1.45. The topological polar surface area (TPSA) is 50.4 Å². The predicted octanol–water partition coefficient (Wildman–Crippen LogP) is 3.26. The van der Waals surface area contributed by atoms with Gasteiger partial charge in [0, 0.05) is 6.54 Å². The van der Waals surface area contributed by atoms with Gasteiger partial charge in [0.05, 0.1) is 0 Å². The number of rotatable bonds is 5. The fraction of sp³-hybridized carbons (Fsp3) is 0.650. The molecule has 1 saturated heterocycles. The molecule has 0 aliphatic carbocycles. The number of hydrogen-bond acceptors (Lipinski definition) is 3. The SMILES string of the molecule is CC(Oc1cccc(C(C)(C)C)c1)C(=O)NCC1(C)CCNCC1. The zero-order valence-corrected chi connectivity index (χ0v) is 15.7. The summed E-state index contributed by atoms with van der Waals surface area (Å²) in [6.45, 7) is 13.3. The zero-order chi connectivity index (χ0) is 17.8. The van der Waals surface area contributed by atoms with Gasteiger partial charge in [-0.15, -0.1) is 0 Å². The van der Waals surface area contributed by atoms with Gasteiger partial charge in [-0.1, -0.05) is 39.8 Å². The lowest BCUT2D eigenvalue weighted by Gasteiger charge is -2.34. The number of amides is 1. The molecule has 4 heteroatoms. The summed E-state index contributed by atoms with van der Waals surface area (Å²) in [6, 6.07) is 8.01. The summed E-state index contributed by atoms with van der Waals surface area (Å²) in [5.74, 6) is 0.703. The van der Waals surface area contributed by atoms with Crippen molar-refractivity contribution in [3.8, 4) is 5.75 Å². The average Bonchev–Trinajstić information content (AvgIpc) is 2.53. The largest absolute Gasteiger partial charge is 0.481 e. The summed E-state index contributed by atoms with van der Waals surface area (Å²) in [4.78, 5) is 12.4. The minimum atomic E-state index is -0.495. The molecular formula is C20H32N2O2. The van der Waals surface area contributed by atoms with Gasteiger partial charge in [-0.3, -0.25) is 4.79 Å². The van der Waals surface area contributed by atoms with Crippen LogP contribution in [0, 0.1) is 5.41 Å². The number of hydrogen-bond donors (Lipinski definition) is 2. The molecule has 1 aromatic carbocycles. The maximum atomic E-state index is 12.4. The van der Waals surface area contributed by atoms with E-state index in [9.17, 15) is 4.79 Å².